The summed E-state index contributed by atoms with van der Waals surface area (Å²) in [7, 11) is 0. The van der Waals surface area contributed by atoms with Gasteiger partial charge in [0.05, 0.1) is 5.69 Å². The van der Waals surface area contributed by atoms with Gasteiger partial charge in [-0.05, 0) is 24.0 Å². The molecule has 2 rings (SSSR count). The van der Waals surface area contributed by atoms with Gasteiger partial charge in [0.25, 0.3) is 5.91 Å². The molecule has 0 aliphatic carbocycles. The second-order valence-electron chi connectivity index (χ2n) is 8.12. The molecule has 1 N–H and O–H groups in total. The summed E-state index contributed by atoms with van der Waals surface area (Å²) in [6.45, 7) is 12.1. The lowest BCUT2D eigenvalue weighted by Crippen LogP contribution is -2.29. The minimum Gasteiger partial charge on any atom is -0.350 e. The molecule has 1 aromatic heterocycles. The number of hydrogen-bond acceptors (Lipinski definition) is 2. The standard InChI is InChI=1S/C22H33N3O/c1-6-7-11-14-25-19(15-20(24-25)22(3,4)5)21(26)23-16-17(2)18-12-9-8-10-13-18/h8-10,12-13,15,17H,6-7,11,14,16H2,1-5H3,(H,23,26)/t17-/m0/s1. The number of unbranched alkanes of at least 4 members (excludes halogenated alkanes) is 2. The van der Waals surface area contributed by atoms with Crippen LogP contribution in [-0.2, 0) is 12.0 Å². The zero-order valence-electron chi connectivity index (χ0n) is 16.9. The van der Waals surface area contributed by atoms with E-state index in [0.29, 0.717) is 12.2 Å². The number of carbonyl (C=O) groups is 1. The third-order valence-corrected chi connectivity index (χ3v) is 4.69. The van der Waals surface area contributed by atoms with Crippen molar-refractivity contribution in [3.05, 3.63) is 53.3 Å². The second kappa shape index (κ2) is 9.02. The molecule has 26 heavy (non-hydrogen) atoms. The molecule has 2 aromatic rings. The lowest BCUT2D eigenvalue weighted by molar-refractivity contribution is 0.0940. The Morgan fingerprint density at radius 3 is 2.50 bits per heavy atom. The Hall–Kier alpha value is -2.10. The molecule has 0 saturated carbocycles. The largest absolute Gasteiger partial charge is 0.350 e. The molecule has 0 spiro atoms. The fourth-order valence-corrected chi connectivity index (χ4v) is 2.88. The van der Waals surface area contributed by atoms with Crippen molar-refractivity contribution in [1.29, 1.82) is 0 Å². The Morgan fingerprint density at radius 1 is 1.19 bits per heavy atom. The van der Waals surface area contributed by atoms with E-state index in [1.807, 2.05) is 28.9 Å². The minimum atomic E-state index is -0.0671. The lowest BCUT2D eigenvalue weighted by atomic mass is 9.92. The maximum atomic E-state index is 12.8. The van der Waals surface area contributed by atoms with E-state index in [4.69, 9.17) is 5.10 Å². The van der Waals surface area contributed by atoms with Gasteiger partial charge in [0, 0.05) is 18.5 Å². The third kappa shape index (κ3) is 5.45. The normalized spacial score (nSPS) is 12.8. The minimum absolute atomic E-state index is 0.0349. The summed E-state index contributed by atoms with van der Waals surface area (Å²) < 4.78 is 1.89. The van der Waals surface area contributed by atoms with Gasteiger partial charge in [0.15, 0.2) is 0 Å². The van der Waals surface area contributed by atoms with Crippen LogP contribution in [0.4, 0.5) is 0 Å². The number of aromatic nitrogens is 2. The first-order chi connectivity index (χ1) is 12.3. The smallest absolute Gasteiger partial charge is 0.269 e. The van der Waals surface area contributed by atoms with E-state index in [-0.39, 0.29) is 17.2 Å². The van der Waals surface area contributed by atoms with Crippen LogP contribution in [0.25, 0.3) is 0 Å². The fraction of sp³-hybridized carbons (Fsp3) is 0.545. The highest BCUT2D eigenvalue weighted by molar-refractivity contribution is 5.92. The third-order valence-electron chi connectivity index (χ3n) is 4.69. The van der Waals surface area contributed by atoms with E-state index >= 15 is 0 Å². The van der Waals surface area contributed by atoms with Gasteiger partial charge in [0.2, 0.25) is 0 Å². The first kappa shape index (κ1) is 20.2. The Labute approximate surface area is 158 Å². The summed E-state index contributed by atoms with van der Waals surface area (Å²) in [6, 6.07) is 12.2. The van der Waals surface area contributed by atoms with Gasteiger partial charge in [-0.2, -0.15) is 5.10 Å². The molecule has 4 heteroatoms. The average Bonchev–Trinajstić information content (AvgIpc) is 3.05. The van der Waals surface area contributed by atoms with Crippen molar-refractivity contribution in [3.63, 3.8) is 0 Å². The Morgan fingerprint density at radius 2 is 1.88 bits per heavy atom. The Balaban J connectivity index is 2.09. The zero-order chi connectivity index (χ0) is 19.2. The van der Waals surface area contributed by atoms with Gasteiger partial charge < -0.3 is 5.32 Å². The van der Waals surface area contributed by atoms with Crippen LogP contribution in [0, 0.1) is 0 Å². The number of aryl methyl sites for hydroxylation is 1. The van der Waals surface area contributed by atoms with Gasteiger partial charge in [-0.1, -0.05) is 77.8 Å². The van der Waals surface area contributed by atoms with E-state index in [1.54, 1.807) is 0 Å². The molecule has 4 nitrogen and oxygen atoms in total. The maximum absolute atomic E-state index is 12.8. The second-order valence-corrected chi connectivity index (χ2v) is 8.12. The number of hydrogen-bond donors (Lipinski definition) is 1. The lowest BCUT2D eigenvalue weighted by Gasteiger charge is -2.14. The monoisotopic (exact) mass is 355 g/mol. The number of nitrogens with one attached hydrogen (secondary N) is 1. The van der Waals surface area contributed by atoms with Crippen LogP contribution in [0.2, 0.25) is 0 Å². The molecule has 1 atom stereocenters. The number of rotatable bonds is 8. The highest BCUT2D eigenvalue weighted by atomic mass is 16.2. The first-order valence-electron chi connectivity index (χ1n) is 9.74. The van der Waals surface area contributed by atoms with Crippen LogP contribution in [0.1, 0.15) is 81.5 Å². The number of carbonyl (C=O) groups excluding carboxylic acids is 1. The van der Waals surface area contributed by atoms with Crippen LogP contribution in [0.15, 0.2) is 36.4 Å². The Kier molecular flexibility index (Phi) is 7.01. The zero-order valence-corrected chi connectivity index (χ0v) is 16.9. The van der Waals surface area contributed by atoms with Gasteiger partial charge in [-0.25, -0.2) is 0 Å². The fourth-order valence-electron chi connectivity index (χ4n) is 2.88. The quantitative estimate of drug-likeness (QED) is 0.684. The highest BCUT2D eigenvalue weighted by Gasteiger charge is 2.23. The molecule has 0 fully saturated rings. The van der Waals surface area contributed by atoms with E-state index in [2.05, 4.69) is 52.1 Å². The molecule has 1 aromatic carbocycles. The summed E-state index contributed by atoms with van der Waals surface area (Å²) in [6.07, 6.45) is 3.35. The molecule has 0 bridgehead atoms. The highest BCUT2D eigenvalue weighted by Crippen LogP contribution is 2.22. The molecule has 0 aliphatic rings. The molecule has 0 saturated heterocycles. The molecule has 142 valence electrons. The van der Waals surface area contributed by atoms with Crippen LogP contribution < -0.4 is 5.32 Å². The molecule has 0 aliphatic heterocycles. The van der Waals surface area contributed by atoms with Crippen molar-refractivity contribution >= 4 is 5.91 Å². The first-order valence-corrected chi connectivity index (χ1v) is 9.74. The number of amides is 1. The summed E-state index contributed by atoms with van der Waals surface area (Å²) in [5, 5.41) is 7.81. The molecule has 1 heterocycles. The summed E-state index contributed by atoms with van der Waals surface area (Å²) >= 11 is 0. The predicted octanol–water partition coefficient (Wildman–Crippen LogP) is 4.90. The number of nitrogens with zero attached hydrogens (tertiary/aromatic N) is 2. The van der Waals surface area contributed by atoms with Crippen LogP contribution in [-0.4, -0.2) is 22.2 Å². The van der Waals surface area contributed by atoms with Crippen molar-refractivity contribution in [3.8, 4) is 0 Å². The van der Waals surface area contributed by atoms with Crippen molar-refractivity contribution in [2.75, 3.05) is 6.54 Å². The van der Waals surface area contributed by atoms with Crippen molar-refractivity contribution in [1.82, 2.24) is 15.1 Å². The molecular formula is C22H33N3O. The van der Waals surface area contributed by atoms with E-state index in [0.717, 1.165) is 31.5 Å². The topological polar surface area (TPSA) is 46.9 Å². The van der Waals surface area contributed by atoms with Crippen LogP contribution in [0.5, 0.6) is 0 Å². The SMILES string of the molecule is CCCCCn1nc(C(C)(C)C)cc1C(=O)NC[C@H](C)c1ccccc1. The molecule has 1 amide bonds. The summed E-state index contributed by atoms with van der Waals surface area (Å²) in [5.41, 5.74) is 2.81. The summed E-state index contributed by atoms with van der Waals surface area (Å²) in [5.74, 6) is 0.242. The Bertz CT molecular complexity index is 698. The van der Waals surface area contributed by atoms with Gasteiger partial charge >= 0.3 is 0 Å². The van der Waals surface area contributed by atoms with Crippen LogP contribution in [0.3, 0.4) is 0 Å². The summed E-state index contributed by atoms with van der Waals surface area (Å²) in [4.78, 5) is 12.8. The van der Waals surface area contributed by atoms with E-state index < -0.39 is 0 Å². The molecule has 0 unspecified atom stereocenters. The van der Waals surface area contributed by atoms with E-state index in [1.165, 1.54) is 5.56 Å². The van der Waals surface area contributed by atoms with Crippen molar-refractivity contribution in [2.24, 2.45) is 0 Å². The number of benzene rings is 1. The van der Waals surface area contributed by atoms with Crippen molar-refractivity contribution < 1.29 is 4.79 Å². The maximum Gasteiger partial charge on any atom is 0.269 e. The van der Waals surface area contributed by atoms with Gasteiger partial charge in [-0.3, -0.25) is 9.48 Å². The van der Waals surface area contributed by atoms with Crippen molar-refractivity contribution in [2.45, 2.75) is 71.8 Å². The average molecular weight is 356 g/mol. The van der Waals surface area contributed by atoms with Gasteiger partial charge in [0.1, 0.15) is 5.69 Å². The molecule has 0 radical (unpaired) electrons. The molecular weight excluding hydrogens is 322 g/mol. The van der Waals surface area contributed by atoms with Crippen LogP contribution >= 0.6 is 0 Å². The predicted molar refractivity (Wildman–Crippen MR) is 108 cm³/mol. The van der Waals surface area contributed by atoms with Gasteiger partial charge in [-0.15, -0.1) is 0 Å². The van der Waals surface area contributed by atoms with E-state index in [9.17, 15) is 4.79 Å².